The van der Waals surface area contributed by atoms with Gasteiger partial charge in [0.05, 0.1) is 10.0 Å². The standard InChI is InChI=1S/C20H14Br2O2/c1-13-11-17(21)12-18(22)19(13)24-20(23)16-9-7-15(8-10-16)14-5-3-2-4-6-14/h2-12H,1H3. The number of hydrogen-bond donors (Lipinski definition) is 0. The Morgan fingerprint density at radius 3 is 2.12 bits per heavy atom. The van der Waals surface area contributed by atoms with E-state index in [1.807, 2.05) is 61.5 Å². The summed E-state index contributed by atoms with van der Waals surface area (Å²) in [6, 6.07) is 21.2. The second kappa shape index (κ2) is 7.32. The molecule has 0 aliphatic carbocycles. The minimum Gasteiger partial charge on any atom is -0.421 e. The molecule has 0 radical (unpaired) electrons. The van der Waals surface area contributed by atoms with Gasteiger partial charge in [-0.25, -0.2) is 4.79 Å². The van der Waals surface area contributed by atoms with Crippen molar-refractivity contribution in [2.24, 2.45) is 0 Å². The highest BCUT2D eigenvalue weighted by Crippen LogP contribution is 2.33. The van der Waals surface area contributed by atoms with E-state index in [-0.39, 0.29) is 5.97 Å². The zero-order valence-electron chi connectivity index (χ0n) is 12.9. The van der Waals surface area contributed by atoms with Crippen molar-refractivity contribution in [1.29, 1.82) is 0 Å². The molecule has 0 saturated carbocycles. The summed E-state index contributed by atoms with van der Waals surface area (Å²) in [5.74, 6) is 0.163. The molecule has 0 fully saturated rings. The van der Waals surface area contributed by atoms with Gasteiger partial charge in [0, 0.05) is 4.47 Å². The maximum Gasteiger partial charge on any atom is 0.343 e. The summed E-state index contributed by atoms with van der Waals surface area (Å²) in [5.41, 5.74) is 3.58. The van der Waals surface area contributed by atoms with E-state index in [2.05, 4.69) is 31.9 Å². The summed E-state index contributed by atoms with van der Waals surface area (Å²) >= 11 is 6.85. The number of rotatable bonds is 3. The topological polar surface area (TPSA) is 26.3 Å². The van der Waals surface area contributed by atoms with Crippen LogP contribution in [0.2, 0.25) is 0 Å². The SMILES string of the molecule is Cc1cc(Br)cc(Br)c1OC(=O)c1ccc(-c2ccccc2)cc1. The van der Waals surface area contributed by atoms with Crippen molar-refractivity contribution >= 4 is 37.8 Å². The van der Waals surface area contributed by atoms with Gasteiger partial charge in [0.1, 0.15) is 5.75 Å². The number of esters is 1. The zero-order valence-corrected chi connectivity index (χ0v) is 16.1. The number of carbonyl (C=O) groups is 1. The Balaban J connectivity index is 1.81. The van der Waals surface area contributed by atoms with Crippen LogP contribution in [0.3, 0.4) is 0 Å². The molecule has 3 aromatic carbocycles. The Bertz CT molecular complexity index is 849. The van der Waals surface area contributed by atoms with Crippen LogP contribution in [0.15, 0.2) is 75.7 Å². The summed E-state index contributed by atoms with van der Waals surface area (Å²) in [4.78, 5) is 12.4. The molecular formula is C20H14Br2O2. The summed E-state index contributed by atoms with van der Waals surface area (Å²) in [7, 11) is 0. The van der Waals surface area contributed by atoms with Crippen molar-refractivity contribution in [2.75, 3.05) is 0 Å². The fourth-order valence-electron chi connectivity index (χ4n) is 2.40. The minimum atomic E-state index is -0.374. The zero-order chi connectivity index (χ0) is 17.1. The molecule has 0 aliphatic rings. The molecule has 0 atom stereocenters. The van der Waals surface area contributed by atoms with Crippen LogP contribution in [0, 0.1) is 6.92 Å². The van der Waals surface area contributed by atoms with Crippen molar-refractivity contribution in [3.8, 4) is 16.9 Å². The summed E-state index contributed by atoms with van der Waals surface area (Å²) in [6.45, 7) is 1.90. The first-order valence-electron chi connectivity index (χ1n) is 7.38. The Kier molecular flexibility index (Phi) is 5.17. The monoisotopic (exact) mass is 444 g/mol. The quantitative estimate of drug-likeness (QED) is 0.344. The molecule has 0 aliphatic heterocycles. The fourth-order valence-corrected chi connectivity index (χ4v) is 3.92. The maximum atomic E-state index is 12.4. The average molecular weight is 446 g/mol. The highest BCUT2D eigenvalue weighted by Gasteiger charge is 2.14. The van der Waals surface area contributed by atoms with Gasteiger partial charge in [-0.1, -0.05) is 58.4 Å². The highest BCUT2D eigenvalue weighted by molar-refractivity contribution is 9.11. The first-order chi connectivity index (χ1) is 11.5. The third-order valence-corrected chi connectivity index (χ3v) is 4.66. The number of carbonyl (C=O) groups excluding carboxylic acids is 1. The van der Waals surface area contributed by atoms with Crippen LogP contribution in [0.25, 0.3) is 11.1 Å². The summed E-state index contributed by atoms with van der Waals surface area (Å²) < 4.78 is 7.22. The fraction of sp³-hybridized carbons (Fsp3) is 0.0500. The van der Waals surface area contributed by atoms with E-state index >= 15 is 0 Å². The largest absolute Gasteiger partial charge is 0.421 e. The van der Waals surface area contributed by atoms with Crippen molar-refractivity contribution in [1.82, 2.24) is 0 Å². The van der Waals surface area contributed by atoms with Crippen molar-refractivity contribution in [3.63, 3.8) is 0 Å². The molecule has 0 unspecified atom stereocenters. The van der Waals surface area contributed by atoms with E-state index in [1.165, 1.54) is 0 Å². The molecule has 3 aromatic rings. The highest BCUT2D eigenvalue weighted by atomic mass is 79.9. The van der Waals surface area contributed by atoms with Crippen LogP contribution in [0.1, 0.15) is 15.9 Å². The van der Waals surface area contributed by atoms with E-state index in [1.54, 1.807) is 12.1 Å². The van der Waals surface area contributed by atoms with Gasteiger partial charge >= 0.3 is 5.97 Å². The summed E-state index contributed by atoms with van der Waals surface area (Å²) in [6.07, 6.45) is 0. The lowest BCUT2D eigenvalue weighted by molar-refractivity contribution is 0.0732. The molecule has 2 nitrogen and oxygen atoms in total. The van der Waals surface area contributed by atoms with Gasteiger partial charge in [0.2, 0.25) is 0 Å². The number of hydrogen-bond acceptors (Lipinski definition) is 2. The second-order valence-corrected chi connectivity index (χ2v) is 7.14. The molecule has 0 amide bonds. The molecule has 120 valence electrons. The van der Waals surface area contributed by atoms with Crippen LogP contribution >= 0.6 is 31.9 Å². The van der Waals surface area contributed by atoms with Gasteiger partial charge in [-0.2, -0.15) is 0 Å². The lowest BCUT2D eigenvalue weighted by Gasteiger charge is -2.10. The number of aryl methyl sites for hydroxylation is 1. The molecule has 0 bridgehead atoms. The molecule has 0 heterocycles. The average Bonchev–Trinajstić information content (AvgIpc) is 2.59. The van der Waals surface area contributed by atoms with Crippen molar-refractivity contribution in [3.05, 3.63) is 86.8 Å². The van der Waals surface area contributed by atoms with Crippen molar-refractivity contribution in [2.45, 2.75) is 6.92 Å². The normalized spacial score (nSPS) is 10.5. The van der Waals surface area contributed by atoms with E-state index in [0.717, 1.165) is 25.6 Å². The predicted molar refractivity (Wildman–Crippen MR) is 103 cm³/mol. The maximum absolute atomic E-state index is 12.4. The van der Waals surface area contributed by atoms with Gasteiger partial charge < -0.3 is 4.74 Å². The first kappa shape index (κ1) is 16.9. The van der Waals surface area contributed by atoms with E-state index < -0.39 is 0 Å². The third kappa shape index (κ3) is 3.77. The van der Waals surface area contributed by atoms with Gasteiger partial charge in [-0.05, 0) is 63.8 Å². The number of halogens is 2. The second-order valence-electron chi connectivity index (χ2n) is 5.37. The minimum absolute atomic E-state index is 0.374. The van der Waals surface area contributed by atoms with E-state index in [9.17, 15) is 4.79 Å². The predicted octanol–water partition coefficient (Wildman–Crippen LogP) is 6.41. The van der Waals surface area contributed by atoms with Crippen LogP contribution in [-0.2, 0) is 0 Å². The lowest BCUT2D eigenvalue weighted by atomic mass is 10.0. The first-order valence-corrected chi connectivity index (χ1v) is 8.96. The van der Waals surface area contributed by atoms with Crippen LogP contribution in [0.5, 0.6) is 5.75 Å². The number of ether oxygens (including phenoxy) is 1. The van der Waals surface area contributed by atoms with Gasteiger partial charge in [0.25, 0.3) is 0 Å². The molecule has 3 rings (SSSR count). The molecule has 0 aromatic heterocycles. The van der Waals surface area contributed by atoms with E-state index in [4.69, 9.17) is 4.74 Å². The van der Waals surface area contributed by atoms with Gasteiger partial charge in [-0.15, -0.1) is 0 Å². The molecule has 24 heavy (non-hydrogen) atoms. The molecular weight excluding hydrogens is 432 g/mol. The van der Waals surface area contributed by atoms with Gasteiger partial charge in [-0.3, -0.25) is 0 Å². The lowest BCUT2D eigenvalue weighted by Crippen LogP contribution is -2.09. The number of benzene rings is 3. The Hall–Kier alpha value is -1.91. The molecule has 0 spiro atoms. The Morgan fingerprint density at radius 1 is 0.875 bits per heavy atom. The molecule has 0 N–H and O–H groups in total. The van der Waals surface area contributed by atoms with Gasteiger partial charge in [0.15, 0.2) is 0 Å². The summed E-state index contributed by atoms with van der Waals surface area (Å²) in [5, 5.41) is 0. The van der Waals surface area contributed by atoms with Crippen LogP contribution in [0.4, 0.5) is 0 Å². The third-order valence-electron chi connectivity index (χ3n) is 3.62. The molecule has 0 saturated heterocycles. The Morgan fingerprint density at radius 2 is 1.50 bits per heavy atom. The van der Waals surface area contributed by atoms with Crippen molar-refractivity contribution < 1.29 is 9.53 Å². The van der Waals surface area contributed by atoms with Crippen LogP contribution < -0.4 is 4.74 Å². The Labute approximate surface area is 157 Å². The van der Waals surface area contributed by atoms with E-state index in [0.29, 0.717) is 11.3 Å². The molecule has 4 heteroatoms. The smallest absolute Gasteiger partial charge is 0.343 e. The van der Waals surface area contributed by atoms with Crippen LogP contribution in [-0.4, -0.2) is 5.97 Å².